The molecule has 0 aliphatic carbocycles. The van der Waals surface area contributed by atoms with Gasteiger partial charge < -0.3 is 29.0 Å². The van der Waals surface area contributed by atoms with Crippen molar-refractivity contribution in [3.8, 4) is 23.0 Å². The summed E-state index contributed by atoms with van der Waals surface area (Å²) in [5, 5.41) is 4.51. The van der Waals surface area contributed by atoms with Gasteiger partial charge in [0, 0.05) is 17.3 Å². The zero-order valence-electron chi connectivity index (χ0n) is 18.0. The third-order valence-corrected chi connectivity index (χ3v) is 4.33. The molecule has 11 heteroatoms. The van der Waals surface area contributed by atoms with Crippen LogP contribution in [0.3, 0.4) is 0 Å². The molecule has 2 aromatic carbocycles. The second kappa shape index (κ2) is 10.8. The van der Waals surface area contributed by atoms with Crippen molar-refractivity contribution in [1.29, 1.82) is 0 Å². The van der Waals surface area contributed by atoms with Crippen LogP contribution in [-0.4, -0.2) is 57.2 Å². The van der Waals surface area contributed by atoms with Crippen LogP contribution in [0.5, 0.6) is 23.0 Å². The molecule has 1 heterocycles. The van der Waals surface area contributed by atoms with Crippen molar-refractivity contribution < 1.29 is 42.9 Å². The van der Waals surface area contributed by atoms with E-state index in [-0.39, 0.29) is 17.3 Å². The fourth-order valence-electron chi connectivity index (χ4n) is 2.78. The number of hydrogen-bond donors (Lipinski definition) is 2. The van der Waals surface area contributed by atoms with Crippen LogP contribution in [0.4, 0.5) is 10.5 Å². The molecule has 0 fully saturated rings. The molecular formula is C22H22N2O9. The number of carbonyl (C=O) groups excluding carboxylic acids is 4. The number of rotatable bonds is 8. The predicted octanol–water partition coefficient (Wildman–Crippen LogP) is 1.94. The van der Waals surface area contributed by atoms with Gasteiger partial charge in [0.25, 0.3) is 5.91 Å². The molecule has 0 radical (unpaired) electrons. The average molecular weight is 458 g/mol. The Bertz CT molecular complexity index is 1070. The Morgan fingerprint density at radius 3 is 2.42 bits per heavy atom. The number of Topliss-reactive ketones (excluding diaryl/α,β-unsaturated/α-hetero) is 1. The SMILES string of the molecule is COc1cc(C(C)=O)ccc1OCC(=O)OCC(=O)NC(=O)Nc1ccc2c(c1)OCCO2. The zero-order valence-corrected chi connectivity index (χ0v) is 18.0. The minimum Gasteiger partial charge on any atom is -0.493 e. The highest BCUT2D eigenvalue weighted by Crippen LogP contribution is 2.32. The number of hydrogen-bond acceptors (Lipinski definition) is 9. The summed E-state index contributed by atoms with van der Waals surface area (Å²) < 4.78 is 26.1. The van der Waals surface area contributed by atoms with E-state index in [1.54, 1.807) is 18.2 Å². The molecule has 11 nitrogen and oxygen atoms in total. The first-order valence-corrected chi connectivity index (χ1v) is 9.83. The summed E-state index contributed by atoms with van der Waals surface area (Å²) in [7, 11) is 1.39. The lowest BCUT2D eigenvalue weighted by atomic mass is 10.1. The number of imide groups is 1. The zero-order chi connectivity index (χ0) is 23.8. The standard InChI is InChI=1S/C22H22N2O9/c1-13(25)14-3-5-16(18(9-14)29-2)32-12-21(27)33-11-20(26)24-22(28)23-15-4-6-17-19(10-15)31-8-7-30-17/h3-6,9-10H,7-8,11-12H2,1-2H3,(H2,23,24,26,28). The molecule has 0 aromatic heterocycles. The Kier molecular flexibility index (Phi) is 7.68. The van der Waals surface area contributed by atoms with E-state index in [9.17, 15) is 19.2 Å². The van der Waals surface area contributed by atoms with Crippen LogP contribution in [0.25, 0.3) is 0 Å². The quantitative estimate of drug-likeness (QED) is 0.449. The molecule has 2 N–H and O–H groups in total. The number of carbonyl (C=O) groups is 4. The maximum absolute atomic E-state index is 12.0. The molecule has 1 aliphatic heterocycles. The number of ether oxygens (including phenoxy) is 5. The first-order chi connectivity index (χ1) is 15.9. The van der Waals surface area contributed by atoms with Gasteiger partial charge in [-0.05, 0) is 37.3 Å². The van der Waals surface area contributed by atoms with Gasteiger partial charge in [0.15, 0.2) is 42.0 Å². The molecule has 0 spiro atoms. The molecule has 0 saturated heterocycles. The largest absolute Gasteiger partial charge is 0.493 e. The molecule has 33 heavy (non-hydrogen) atoms. The Morgan fingerprint density at radius 1 is 0.939 bits per heavy atom. The topological polar surface area (TPSA) is 138 Å². The lowest BCUT2D eigenvalue weighted by Crippen LogP contribution is -2.37. The van der Waals surface area contributed by atoms with Crippen LogP contribution >= 0.6 is 0 Å². The van der Waals surface area contributed by atoms with E-state index in [1.807, 2.05) is 5.32 Å². The molecule has 1 aliphatic rings. The number of esters is 1. The van der Waals surface area contributed by atoms with Crippen LogP contribution in [-0.2, 0) is 14.3 Å². The molecule has 174 valence electrons. The van der Waals surface area contributed by atoms with Crippen LogP contribution < -0.4 is 29.6 Å². The van der Waals surface area contributed by atoms with Crippen molar-refractivity contribution in [2.24, 2.45) is 0 Å². The van der Waals surface area contributed by atoms with Gasteiger partial charge in [0.1, 0.15) is 13.2 Å². The van der Waals surface area contributed by atoms with E-state index < -0.39 is 31.1 Å². The van der Waals surface area contributed by atoms with E-state index in [1.165, 1.54) is 32.2 Å². The van der Waals surface area contributed by atoms with Crippen LogP contribution in [0.15, 0.2) is 36.4 Å². The highest BCUT2D eigenvalue weighted by molar-refractivity contribution is 6.02. The summed E-state index contributed by atoms with van der Waals surface area (Å²) in [6.45, 7) is 1.06. The van der Waals surface area contributed by atoms with Crippen LogP contribution in [0.2, 0.25) is 0 Å². The third kappa shape index (κ3) is 6.60. The average Bonchev–Trinajstić information content (AvgIpc) is 2.81. The highest BCUT2D eigenvalue weighted by Gasteiger charge is 2.16. The van der Waals surface area contributed by atoms with E-state index in [0.29, 0.717) is 36.0 Å². The Labute approximate surface area is 188 Å². The second-order valence-corrected chi connectivity index (χ2v) is 6.73. The van der Waals surface area contributed by atoms with Gasteiger partial charge in [-0.1, -0.05) is 0 Å². The number of nitrogens with one attached hydrogen (secondary N) is 2. The van der Waals surface area contributed by atoms with Crippen molar-refractivity contribution in [2.45, 2.75) is 6.92 Å². The van der Waals surface area contributed by atoms with Crippen molar-refractivity contribution in [3.63, 3.8) is 0 Å². The summed E-state index contributed by atoms with van der Waals surface area (Å²) in [4.78, 5) is 47.1. The van der Waals surface area contributed by atoms with Crippen molar-refractivity contribution >= 4 is 29.4 Å². The minimum absolute atomic E-state index is 0.150. The summed E-state index contributed by atoms with van der Waals surface area (Å²) in [6, 6.07) is 8.47. The lowest BCUT2D eigenvalue weighted by molar-refractivity contribution is -0.150. The third-order valence-electron chi connectivity index (χ3n) is 4.33. The number of methoxy groups -OCH3 is 1. The van der Waals surface area contributed by atoms with Gasteiger partial charge in [-0.15, -0.1) is 0 Å². The van der Waals surface area contributed by atoms with Gasteiger partial charge in [-0.25, -0.2) is 9.59 Å². The maximum atomic E-state index is 12.0. The second-order valence-electron chi connectivity index (χ2n) is 6.73. The lowest BCUT2D eigenvalue weighted by Gasteiger charge is -2.19. The fourth-order valence-corrected chi connectivity index (χ4v) is 2.78. The Balaban J connectivity index is 1.42. The van der Waals surface area contributed by atoms with E-state index >= 15 is 0 Å². The van der Waals surface area contributed by atoms with Crippen LogP contribution in [0, 0.1) is 0 Å². The number of anilines is 1. The predicted molar refractivity (Wildman–Crippen MR) is 114 cm³/mol. The molecule has 3 amide bonds. The fraction of sp³-hybridized carbons (Fsp3) is 0.273. The smallest absolute Gasteiger partial charge is 0.344 e. The number of fused-ring (bicyclic) bond motifs is 1. The number of benzene rings is 2. The normalized spacial score (nSPS) is 11.7. The molecular weight excluding hydrogens is 436 g/mol. The van der Waals surface area contributed by atoms with Crippen LogP contribution in [0.1, 0.15) is 17.3 Å². The molecule has 0 bridgehead atoms. The van der Waals surface area contributed by atoms with Gasteiger partial charge in [0.05, 0.1) is 7.11 Å². The van der Waals surface area contributed by atoms with E-state index in [4.69, 9.17) is 23.7 Å². The minimum atomic E-state index is -0.838. The van der Waals surface area contributed by atoms with Crippen molar-refractivity contribution in [2.75, 3.05) is 38.9 Å². The molecule has 3 rings (SSSR count). The molecule has 2 aromatic rings. The highest BCUT2D eigenvalue weighted by atomic mass is 16.6. The van der Waals surface area contributed by atoms with Gasteiger partial charge in [-0.2, -0.15) is 0 Å². The van der Waals surface area contributed by atoms with Gasteiger partial charge >= 0.3 is 12.0 Å². The summed E-state index contributed by atoms with van der Waals surface area (Å²) in [6.07, 6.45) is 0. The van der Waals surface area contributed by atoms with E-state index in [0.717, 1.165) is 0 Å². The monoisotopic (exact) mass is 458 g/mol. The summed E-state index contributed by atoms with van der Waals surface area (Å²) in [5.41, 5.74) is 0.813. The Hall–Kier alpha value is -4.28. The van der Waals surface area contributed by atoms with Gasteiger partial charge in [0.2, 0.25) is 0 Å². The molecule has 0 atom stereocenters. The number of ketones is 1. The Morgan fingerprint density at radius 2 is 1.70 bits per heavy atom. The van der Waals surface area contributed by atoms with Crippen molar-refractivity contribution in [1.82, 2.24) is 5.32 Å². The number of amides is 3. The van der Waals surface area contributed by atoms with Gasteiger partial charge in [-0.3, -0.25) is 14.9 Å². The first-order valence-electron chi connectivity index (χ1n) is 9.83. The molecule has 0 unspecified atom stereocenters. The maximum Gasteiger partial charge on any atom is 0.344 e. The summed E-state index contributed by atoms with van der Waals surface area (Å²) in [5.74, 6) is -0.288. The summed E-state index contributed by atoms with van der Waals surface area (Å²) >= 11 is 0. The molecule has 0 saturated carbocycles. The van der Waals surface area contributed by atoms with Crippen molar-refractivity contribution in [3.05, 3.63) is 42.0 Å². The van der Waals surface area contributed by atoms with E-state index in [2.05, 4.69) is 5.32 Å². The first kappa shape index (κ1) is 23.4. The number of urea groups is 1.